The van der Waals surface area contributed by atoms with E-state index in [0.717, 1.165) is 0 Å². The number of amides is 2. The molecule has 2 N–H and O–H groups in total. The molecule has 162 valence electrons. The molecule has 2 heterocycles. The molecule has 29 heavy (non-hydrogen) atoms. The molecule has 2 atom stereocenters. The number of carbonyl (C=O) groups excluding carboxylic acids is 2. The molecule has 2 amide bonds. The van der Waals surface area contributed by atoms with Crippen molar-refractivity contribution in [3.8, 4) is 0 Å². The molecule has 1 saturated carbocycles. The molecule has 0 spiro atoms. The van der Waals surface area contributed by atoms with Gasteiger partial charge in [0.15, 0.2) is 0 Å². The average molecular weight is 414 g/mol. The zero-order valence-corrected chi connectivity index (χ0v) is 16.7. The number of aromatic nitrogens is 2. The molecule has 10 heteroatoms. The first-order valence-corrected chi connectivity index (χ1v) is 9.90. The number of alkyl halides is 2. The lowest BCUT2D eigenvalue weighted by molar-refractivity contribution is -0.136. The number of nitrogens with one attached hydrogen (secondary N) is 1. The second-order valence-corrected chi connectivity index (χ2v) is 7.87. The summed E-state index contributed by atoms with van der Waals surface area (Å²) in [5.74, 6) is -0.370. The SMILES string of the molecule is CO[C@H]1CN(C(=O)C2CCC(NC(=O)Cn3nc(C(F)F)cc3C)CC2)C[C@@H]1O. The summed E-state index contributed by atoms with van der Waals surface area (Å²) in [6, 6.07) is 1.23. The first-order valence-electron chi connectivity index (χ1n) is 9.90. The molecule has 2 aliphatic rings. The van der Waals surface area contributed by atoms with Crippen molar-refractivity contribution >= 4 is 11.8 Å². The largest absolute Gasteiger partial charge is 0.388 e. The van der Waals surface area contributed by atoms with Gasteiger partial charge in [-0.3, -0.25) is 14.3 Å². The van der Waals surface area contributed by atoms with Gasteiger partial charge in [0, 0.05) is 37.9 Å². The van der Waals surface area contributed by atoms with Crippen LogP contribution in [-0.4, -0.2) is 70.1 Å². The van der Waals surface area contributed by atoms with Gasteiger partial charge in [0.2, 0.25) is 11.8 Å². The molecule has 0 unspecified atom stereocenters. The summed E-state index contributed by atoms with van der Waals surface area (Å²) >= 11 is 0. The van der Waals surface area contributed by atoms with Gasteiger partial charge in [-0.15, -0.1) is 0 Å². The number of aliphatic hydroxyl groups is 1. The summed E-state index contributed by atoms with van der Waals surface area (Å²) in [6.45, 7) is 2.21. The Labute approximate surface area is 168 Å². The molecule has 1 aliphatic carbocycles. The van der Waals surface area contributed by atoms with Gasteiger partial charge in [0.05, 0.1) is 6.10 Å². The van der Waals surface area contributed by atoms with Crippen molar-refractivity contribution < 1.29 is 28.2 Å². The summed E-state index contributed by atoms with van der Waals surface area (Å²) in [4.78, 5) is 26.6. The third-order valence-electron chi connectivity index (χ3n) is 5.81. The van der Waals surface area contributed by atoms with E-state index in [-0.39, 0.29) is 48.7 Å². The van der Waals surface area contributed by atoms with Gasteiger partial charge in [-0.2, -0.15) is 5.10 Å². The summed E-state index contributed by atoms with van der Waals surface area (Å²) in [5, 5.41) is 16.6. The predicted octanol–water partition coefficient (Wildman–Crippen LogP) is 1.02. The number of ether oxygens (including phenoxy) is 1. The van der Waals surface area contributed by atoms with Gasteiger partial charge in [0.25, 0.3) is 6.43 Å². The Morgan fingerprint density at radius 3 is 2.55 bits per heavy atom. The lowest BCUT2D eigenvalue weighted by Crippen LogP contribution is -2.43. The number of hydrogen-bond acceptors (Lipinski definition) is 5. The molecular weight excluding hydrogens is 386 g/mol. The highest BCUT2D eigenvalue weighted by Crippen LogP contribution is 2.28. The zero-order valence-electron chi connectivity index (χ0n) is 16.7. The number of methoxy groups -OCH3 is 1. The van der Waals surface area contributed by atoms with Crippen molar-refractivity contribution in [3.63, 3.8) is 0 Å². The molecule has 0 radical (unpaired) electrons. The molecule has 1 aromatic heterocycles. The van der Waals surface area contributed by atoms with Crippen LogP contribution < -0.4 is 5.32 Å². The number of β-amino-alcohol motifs (C(OH)–C–C–N with tert-alkyl or cyclic N) is 1. The van der Waals surface area contributed by atoms with E-state index in [9.17, 15) is 23.5 Å². The van der Waals surface area contributed by atoms with Crippen LogP contribution in [0.3, 0.4) is 0 Å². The van der Waals surface area contributed by atoms with Crippen LogP contribution >= 0.6 is 0 Å². The fraction of sp³-hybridized carbons (Fsp3) is 0.737. The van der Waals surface area contributed by atoms with Crippen LogP contribution in [0.25, 0.3) is 0 Å². The Kier molecular flexibility index (Phi) is 6.84. The van der Waals surface area contributed by atoms with E-state index in [0.29, 0.717) is 37.9 Å². The molecule has 0 bridgehead atoms. The zero-order chi connectivity index (χ0) is 21.1. The first kappa shape index (κ1) is 21.6. The van der Waals surface area contributed by atoms with Gasteiger partial charge in [-0.1, -0.05) is 0 Å². The molecule has 1 aromatic rings. The van der Waals surface area contributed by atoms with E-state index < -0.39 is 12.5 Å². The quantitative estimate of drug-likeness (QED) is 0.725. The Hall–Kier alpha value is -2.07. The van der Waals surface area contributed by atoms with Gasteiger partial charge in [-0.05, 0) is 38.7 Å². The number of carbonyl (C=O) groups is 2. The second-order valence-electron chi connectivity index (χ2n) is 7.87. The number of aryl methyl sites for hydroxylation is 1. The number of rotatable bonds is 6. The van der Waals surface area contributed by atoms with Crippen LogP contribution in [0.5, 0.6) is 0 Å². The van der Waals surface area contributed by atoms with E-state index in [4.69, 9.17) is 4.74 Å². The maximum absolute atomic E-state index is 12.7. The predicted molar refractivity (Wildman–Crippen MR) is 99.2 cm³/mol. The normalized spacial score (nSPS) is 27.4. The Bertz CT molecular complexity index is 734. The molecule has 1 aliphatic heterocycles. The lowest BCUT2D eigenvalue weighted by atomic mass is 9.85. The number of nitrogens with zero attached hydrogens (tertiary/aromatic N) is 3. The monoisotopic (exact) mass is 414 g/mol. The van der Waals surface area contributed by atoms with Gasteiger partial charge in [-0.25, -0.2) is 8.78 Å². The maximum Gasteiger partial charge on any atom is 0.282 e. The number of likely N-dealkylation sites (tertiary alicyclic amines) is 1. The van der Waals surface area contributed by atoms with Gasteiger partial charge >= 0.3 is 0 Å². The van der Waals surface area contributed by atoms with E-state index in [1.165, 1.54) is 17.9 Å². The highest BCUT2D eigenvalue weighted by atomic mass is 19.3. The minimum atomic E-state index is -2.67. The standard InChI is InChI=1S/C19H28F2N4O4/c1-11-7-14(18(20)21)23-25(11)10-17(27)22-13-5-3-12(4-6-13)19(28)24-8-15(26)16(9-24)29-2/h7,12-13,15-16,18,26H,3-6,8-10H2,1-2H3,(H,22,27)/t12?,13?,15-,16-/m0/s1. The van der Waals surface area contributed by atoms with Gasteiger partial charge in [0.1, 0.15) is 18.3 Å². The summed E-state index contributed by atoms with van der Waals surface area (Å²) in [5.41, 5.74) is 0.170. The smallest absolute Gasteiger partial charge is 0.282 e. The number of aliphatic hydroxyl groups excluding tert-OH is 1. The first-order chi connectivity index (χ1) is 13.8. The molecular formula is C19H28F2N4O4. The Morgan fingerprint density at radius 1 is 1.31 bits per heavy atom. The van der Waals surface area contributed by atoms with Crippen LogP contribution in [0.2, 0.25) is 0 Å². The number of hydrogen-bond donors (Lipinski definition) is 2. The minimum Gasteiger partial charge on any atom is -0.388 e. The molecule has 8 nitrogen and oxygen atoms in total. The van der Waals surface area contributed by atoms with Crippen molar-refractivity contribution in [1.82, 2.24) is 20.0 Å². The van der Waals surface area contributed by atoms with Crippen LogP contribution in [-0.2, 0) is 20.9 Å². The van der Waals surface area contributed by atoms with Crippen LogP contribution in [0.15, 0.2) is 6.07 Å². The highest BCUT2D eigenvalue weighted by molar-refractivity contribution is 5.79. The second kappa shape index (κ2) is 9.17. The Morgan fingerprint density at radius 2 is 2.00 bits per heavy atom. The lowest BCUT2D eigenvalue weighted by Gasteiger charge is -2.31. The van der Waals surface area contributed by atoms with Crippen molar-refractivity contribution in [2.45, 2.75) is 63.8 Å². The molecule has 0 aromatic carbocycles. The van der Waals surface area contributed by atoms with Crippen LogP contribution in [0.1, 0.15) is 43.5 Å². The van der Waals surface area contributed by atoms with Crippen molar-refractivity contribution in [2.24, 2.45) is 5.92 Å². The minimum absolute atomic E-state index is 0.0278. The fourth-order valence-electron chi connectivity index (χ4n) is 4.12. The van der Waals surface area contributed by atoms with Crippen molar-refractivity contribution in [1.29, 1.82) is 0 Å². The summed E-state index contributed by atoms with van der Waals surface area (Å²) in [6.07, 6.45) is -1.00. The fourth-order valence-corrected chi connectivity index (χ4v) is 4.12. The molecule has 3 rings (SSSR count). The highest BCUT2D eigenvalue weighted by Gasteiger charge is 2.37. The van der Waals surface area contributed by atoms with Crippen LogP contribution in [0, 0.1) is 12.8 Å². The summed E-state index contributed by atoms with van der Waals surface area (Å²) < 4.78 is 31.9. The third-order valence-corrected chi connectivity index (χ3v) is 5.81. The topological polar surface area (TPSA) is 96.7 Å². The number of halogens is 2. The van der Waals surface area contributed by atoms with Crippen LogP contribution in [0.4, 0.5) is 8.78 Å². The van der Waals surface area contributed by atoms with Crippen molar-refractivity contribution in [2.75, 3.05) is 20.2 Å². The van der Waals surface area contributed by atoms with E-state index in [1.807, 2.05) is 0 Å². The van der Waals surface area contributed by atoms with E-state index in [2.05, 4.69) is 10.4 Å². The van der Waals surface area contributed by atoms with E-state index >= 15 is 0 Å². The molecule has 2 fully saturated rings. The van der Waals surface area contributed by atoms with Gasteiger partial charge < -0.3 is 20.1 Å². The summed E-state index contributed by atoms with van der Waals surface area (Å²) in [7, 11) is 1.52. The molecule has 1 saturated heterocycles. The third kappa shape index (κ3) is 5.11. The average Bonchev–Trinajstić information content (AvgIpc) is 3.24. The maximum atomic E-state index is 12.7. The van der Waals surface area contributed by atoms with E-state index in [1.54, 1.807) is 11.8 Å². The Balaban J connectivity index is 1.45. The van der Waals surface area contributed by atoms with Crippen molar-refractivity contribution in [3.05, 3.63) is 17.5 Å².